The van der Waals surface area contributed by atoms with Crippen LogP contribution >= 0.6 is 11.6 Å². The Morgan fingerprint density at radius 3 is 2.57 bits per heavy atom. The number of benzene rings is 1. The minimum atomic E-state index is -4.73. The number of furan rings is 1. The quantitative estimate of drug-likeness (QED) is 0.382. The van der Waals surface area contributed by atoms with E-state index in [-0.39, 0.29) is 11.4 Å². The van der Waals surface area contributed by atoms with E-state index in [1.807, 2.05) is 0 Å². The Kier molecular flexibility index (Phi) is 5.73. The maximum Gasteiger partial charge on any atom is 0.417 e. The number of carbonyl (C=O) groups excluding carboxylic acids is 1. The van der Waals surface area contributed by atoms with Crippen LogP contribution in [0.25, 0.3) is 0 Å². The van der Waals surface area contributed by atoms with Crippen LogP contribution in [0.5, 0.6) is 0 Å². The van der Waals surface area contributed by atoms with Gasteiger partial charge in [-0.15, -0.1) is 0 Å². The summed E-state index contributed by atoms with van der Waals surface area (Å²) in [6, 6.07) is 5.68. The van der Waals surface area contributed by atoms with E-state index >= 15 is 0 Å². The highest BCUT2D eigenvalue weighted by atomic mass is 35.5. The number of nitro groups is 1. The third kappa shape index (κ3) is 4.57. The predicted octanol–water partition coefficient (Wildman–Crippen LogP) is 4.15. The first-order valence-corrected chi connectivity index (χ1v) is 8.27. The zero-order chi connectivity index (χ0) is 21.9. The van der Waals surface area contributed by atoms with Gasteiger partial charge in [0, 0.05) is 5.69 Å². The van der Waals surface area contributed by atoms with Crippen molar-refractivity contribution in [2.24, 2.45) is 0 Å². The molecule has 0 aliphatic heterocycles. The van der Waals surface area contributed by atoms with E-state index < -0.39 is 44.9 Å². The van der Waals surface area contributed by atoms with E-state index in [9.17, 15) is 28.1 Å². The lowest BCUT2D eigenvalue weighted by Gasteiger charge is -2.13. The number of nitrogens with zero attached hydrogens (tertiary/aromatic N) is 3. The molecule has 0 saturated carbocycles. The number of hydrogen-bond acceptors (Lipinski definition) is 8. The van der Waals surface area contributed by atoms with Crippen molar-refractivity contribution in [3.05, 3.63) is 69.4 Å². The molecule has 3 N–H and O–H groups in total. The van der Waals surface area contributed by atoms with Crippen LogP contribution in [0.4, 0.5) is 36.2 Å². The van der Waals surface area contributed by atoms with Gasteiger partial charge in [0.1, 0.15) is 6.33 Å². The molecule has 1 amide bonds. The van der Waals surface area contributed by atoms with Crippen molar-refractivity contribution in [1.29, 1.82) is 0 Å². The van der Waals surface area contributed by atoms with E-state index in [1.54, 1.807) is 0 Å². The van der Waals surface area contributed by atoms with E-state index in [0.717, 1.165) is 12.4 Å². The van der Waals surface area contributed by atoms with E-state index in [1.165, 1.54) is 24.5 Å². The number of hydrazine groups is 1. The smallest absolute Gasteiger partial charge is 0.417 e. The Morgan fingerprint density at radius 1 is 1.20 bits per heavy atom. The second-order valence-electron chi connectivity index (χ2n) is 5.55. The van der Waals surface area contributed by atoms with Crippen LogP contribution < -0.4 is 16.2 Å². The summed E-state index contributed by atoms with van der Waals surface area (Å²) < 4.78 is 44.0. The summed E-state index contributed by atoms with van der Waals surface area (Å²) in [5, 5.41) is 13.4. The van der Waals surface area contributed by atoms with Crippen molar-refractivity contribution in [3.8, 4) is 0 Å². The molecule has 1 aromatic carbocycles. The Morgan fingerprint density at radius 2 is 1.93 bits per heavy atom. The summed E-state index contributed by atoms with van der Waals surface area (Å²) >= 11 is 5.56. The molecule has 0 aliphatic rings. The lowest BCUT2D eigenvalue weighted by Crippen LogP contribution is -2.30. The van der Waals surface area contributed by atoms with Crippen LogP contribution in [0.2, 0.25) is 5.02 Å². The first-order chi connectivity index (χ1) is 14.2. The highest BCUT2D eigenvalue weighted by molar-refractivity contribution is 6.31. The molecule has 30 heavy (non-hydrogen) atoms. The number of rotatable bonds is 6. The van der Waals surface area contributed by atoms with Gasteiger partial charge in [0.15, 0.2) is 5.76 Å². The van der Waals surface area contributed by atoms with Gasteiger partial charge in [-0.1, -0.05) is 11.6 Å². The molecule has 0 spiro atoms. The van der Waals surface area contributed by atoms with Crippen LogP contribution in [0.3, 0.4) is 0 Å². The third-order valence-corrected chi connectivity index (χ3v) is 3.91. The Labute approximate surface area is 170 Å². The largest absolute Gasteiger partial charge is 0.459 e. The molecule has 2 aromatic heterocycles. The zero-order valence-corrected chi connectivity index (χ0v) is 15.3. The number of halogens is 4. The molecule has 0 aliphatic carbocycles. The number of anilines is 3. The summed E-state index contributed by atoms with van der Waals surface area (Å²) in [5.41, 5.74) is 2.41. The lowest BCUT2D eigenvalue weighted by molar-refractivity contribution is -0.383. The maximum atomic E-state index is 13.0. The maximum absolute atomic E-state index is 13.0. The molecule has 10 nitrogen and oxygen atoms in total. The van der Waals surface area contributed by atoms with Crippen molar-refractivity contribution in [1.82, 2.24) is 15.4 Å². The molecule has 0 saturated heterocycles. The highest BCUT2D eigenvalue weighted by Crippen LogP contribution is 2.37. The van der Waals surface area contributed by atoms with Gasteiger partial charge in [0.2, 0.25) is 11.6 Å². The van der Waals surface area contributed by atoms with E-state index in [0.29, 0.717) is 6.07 Å². The number of nitrogens with one attached hydrogen (secondary N) is 3. The molecule has 156 valence electrons. The Bertz CT molecular complexity index is 1090. The normalized spacial score (nSPS) is 11.1. The van der Waals surface area contributed by atoms with Gasteiger partial charge in [0.05, 0.1) is 21.8 Å². The van der Waals surface area contributed by atoms with Gasteiger partial charge in [-0.25, -0.2) is 9.97 Å². The molecule has 14 heteroatoms. The minimum absolute atomic E-state index is 0.0709. The topological polar surface area (TPSA) is 135 Å². The van der Waals surface area contributed by atoms with Gasteiger partial charge in [0.25, 0.3) is 0 Å². The summed E-state index contributed by atoms with van der Waals surface area (Å²) in [5.74, 6) is -1.64. The molecule has 0 atom stereocenters. The Hall–Kier alpha value is -3.87. The van der Waals surface area contributed by atoms with Crippen LogP contribution in [0, 0.1) is 10.1 Å². The molecular weight excluding hydrogens is 433 g/mol. The molecule has 0 bridgehead atoms. The molecule has 2 heterocycles. The van der Waals surface area contributed by atoms with Crippen LogP contribution in [-0.2, 0) is 6.18 Å². The fourth-order valence-electron chi connectivity index (χ4n) is 2.28. The van der Waals surface area contributed by atoms with Gasteiger partial charge >= 0.3 is 17.8 Å². The van der Waals surface area contributed by atoms with Crippen molar-refractivity contribution in [3.63, 3.8) is 0 Å². The number of hydrogen-bond donors (Lipinski definition) is 3. The summed E-state index contributed by atoms with van der Waals surface area (Å²) in [6.07, 6.45) is -2.56. The predicted molar refractivity (Wildman–Crippen MR) is 98.2 cm³/mol. The number of carbonyl (C=O) groups is 1. The van der Waals surface area contributed by atoms with Gasteiger partial charge in [-0.05, 0) is 30.3 Å². The first kappa shape index (κ1) is 20.9. The highest BCUT2D eigenvalue weighted by Gasteiger charge is 2.33. The number of aromatic nitrogens is 2. The number of alkyl halides is 3. The summed E-state index contributed by atoms with van der Waals surface area (Å²) in [7, 11) is 0. The average Bonchev–Trinajstić information content (AvgIpc) is 3.21. The lowest BCUT2D eigenvalue weighted by atomic mass is 10.2. The molecule has 3 rings (SSSR count). The standard InChI is InChI=1S/C16H10ClF3N6O4/c17-10-4-3-8(6-9(10)16(18,19)20)23-13-12(26(28)29)14(22-7-21-13)24-25-15(27)11-2-1-5-30-11/h1-7H,(H,25,27)(H2,21,22,23,24). The molecule has 0 radical (unpaired) electrons. The molecular formula is C16H10ClF3N6O4. The van der Waals surface area contributed by atoms with Crippen molar-refractivity contribution < 1.29 is 27.3 Å². The van der Waals surface area contributed by atoms with E-state index in [4.69, 9.17) is 16.0 Å². The van der Waals surface area contributed by atoms with Gasteiger partial charge in [-0.2, -0.15) is 13.2 Å². The van der Waals surface area contributed by atoms with Gasteiger partial charge < -0.3 is 9.73 Å². The summed E-state index contributed by atoms with van der Waals surface area (Å²) in [6.45, 7) is 0. The fraction of sp³-hybridized carbons (Fsp3) is 0.0625. The monoisotopic (exact) mass is 442 g/mol. The average molecular weight is 443 g/mol. The van der Waals surface area contributed by atoms with Crippen molar-refractivity contribution in [2.75, 3.05) is 10.7 Å². The number of amides is 1. The minimum Gasteiger partial charge on any atom is -0.459 e. The third-order valence-electron chi connectivity index (χ3n) is 3.58. The van der Waals surface area contributed by atoms with Crippen LogP contribution in [0.15, 0.2) is 47.3 Å². The zero-order valence-electron chi connectivity index (χ0n) is 14.5. The first-order valence-electron chi connectivity index (χ1n) is 7.90. The molecule has 0 fully saturated rings. The van der Waals surface area contributed by atoms with Crippen LogP contribution in [-0.4, -0.2) is 20.8 Å². The SMILES string of the molecule is O=C(NNc1ncnc(Nc2ccc(Cl)c(C(F)(F)F)c2)c1[N+](=O)[O-])c1ccco1. The molecule has 3 aromatic rings. The van der Waals surface area contributed by atoms with Gasteiger partial charge in [-0.3, -0.25) is 25.8 Å². The fourth-order valence-corrected chi connectivity index (χ4v) is 2.50. The van der Waals surface area contributed by atoms with Crippen LogP contribution in [0.1, 0.15) is 16.1 Å². The second kappa shape index (κ2) is 8.24. The van der Waals surface area contributed by atoms with Crippen molar-refractivity contribution >= 4 is 40.5 Å². The van der Waals surface area contributed by atoms with E-state index in [2.05, 4.69) is 26.1 Å². The molecule has 0 unspecified atom stereocenters. The summed E-state index contributed by atoms with van der Waals surface area (Å²) in [4.78, 5) is 29.9. The Balaban J connectivity index is 1.88. The van der Waals surface area contributed by atoms with Crippen molar-refractivity contribution in [2.45, 2.75) is 6.18 Å². The second-order valence-corrected chi connectivity index (χ2v) is 5.96.